The summed E-state index contributed by atoms with van der Waals surface area (Å²) in [6, 6.07) is 17.2. The average Bonchev–Trinajstić information content (AvgIpc) is 2.60. The maximum atomic E-state index is 10.8. The van der Waals surface area contributed by atoms with Crippen molar-refractivity contribution in [3.8, 4) is 5.75 Å². The summed E-state index contributed by atoms with van der Waals surface area (Å²) in [5, 5.41) is 10.8. The number of methoxy groups -OCH3 is 1. The summed E-state index contributed by atoms with van der Waals surface area (Å²) in [6.45, 7) is 3.51. The van der Waals surface area contributed by atoms with Gasteiger partial charge in [-0.15, -0.1) is 0 Å². The number of hydrogen-bond donors (Lipinski definition) is 1. The molecular weight excluding hydrogens is 306 g/mol. The molecule has 1 atom stereocenters. The second-order valence-electron chi connectivity index (χ2n) is 5.17. The summed E-state index contributed by atoms with van der Waals surface area (Å²) in [5.41, 5.74) is 5.44. The number of carboxylic acids is 1. The molecule has 0 saturated heterocycles. The van der Waals surface area contributed by atoms with Crippen molar-refractivity contribution < 1.29 is 25.1 Å². The lowest BCUT2D eigenvalue weighted by Gasteiger charge is -2.16. The van der Waals surface area contributed by atoms with Crippen LogP contribution >= 0.6 is 0 Å². The van der Waals surface area contributed by atoms with Gasteiger partial charge in [0.05, 0.1) is 12.5 Å². The van der Waals surface area contributed by atoms with Crippen molar-refractivity contribution in [3.05, 3.63) is 65.7 Å². The molecule has 5 nitrogen and oxygen atoms in total. The number of carboxylic acid groups (broad SMARTS) is 1. The predicted molar refractivity (Wildman–Crippen MR) is 90.2 cm³/mol. The first kappa shape index (κ1) is 19.7. The lowest BCUT2D eigenvalue weighted by molar-refractivity contribution is -0.361. The molecule has 0 heterocycles. The van der Waals surface area contributed by atoms with Gasteiger partial charge < -0.3 is 25.1 Å². The Hall–Kier alpha value is -2.37. The van der Waals surface area contributed by atoms with Crippen molar-refractivity contribution in [1.82, 2.24) is 0 Å². The van der Waals surface area contributed by atoms with Gasteiger partial charge in [-0.2, -0.15) is 0 Å². The highest BCUT2D eigenvalue weighted by Gasteiger charge is 2.09. The molecule has 0 aromatic heterocycles. The van der Waals surface area contributed by atoms with Gasteiger partial charge in [-0.1, -0.05) is 42.5 Å². The maximum Gasteiger partial charge on any atom is 0.119 e. The van der Waals surface area contributed by atoms with E-state index >= 15 is 0 Å². The Balaban J connectivity index is 0.000000891. The lowest BCUT2D eigenvalue weighted by Crippen LogP contribution is -2.48. The normalized spacial score (nSPS) is 11.1. The summed E-state index contributed by atoms with van der Waals surface area (Å²) >= 11 is 0. The topological polar surface area (TPSA) is 86.2 Å². The van der Waals surface area contributed by atoms with Crippen LogP contribution in [-0.2, 0) is 22.6 Å². The van der Waals surface area contributed by atoms with Crippen molar-refractivity contribution in [2.24, 2.45) is 0 Å². The Morgan fingerprint density at radius 3 is 2.17 bits per heavy atom. The summed E-state index contributed by atoms with van der Waals surface area (Å²) < 4.78 is 10.5. The van der Waals surface area contributed by atoms with Gasteiger partial charge in [0, 0.05) is 13.5 Å². The number of aliphatic carboxylic acids is 1. The van der Waals surface area contributed by atoms with Crippen LogP contribution in [-0.4, -0.2) is 25.7 Å². The first-order valence-electron chi connectivity index (χ1n) is 7.89. The van der Waals surface area contributed by atoms with E-state index in [9.17, 15) is 9.90 Å². The zero-order chi connectivity index (χ0) is 17.8. The molecule has 0 saturated carbocycles. The number of carbonyl (C=O) groups is 1. The fourth-order valence-corrected chi connectivity index (χ4v) is 1.94. The van der Waals surface area contributed by atoms with Crippen molar-refractivity contribution in [2.75, 3.05) is 13.7 Å². The largest absolute Gasteiger partial charge is 0.547 e. The zero-order valence-corrected chi connectivity index (χ0v) is 14.2. The molecule has 0 fully saturated rings. The number of benzene rings is 2. The summed E-state index contributed by atoms with van der Waals surface area (Å²) in [5.74, 6) is -0.466. The third-order valence-corrected chi connectivity index (χ3v) is 3.14. The molecular formula is C19H25NO4. The van der Waals surface area contributed by atoms with Crippen molar-refractivity contribution >= 4 is 5.97 Å². The first-order valence-corrected chi connectivity index (χ1v) is 7.89. The number of ether oxygens (including phenoxy) is 2. The van der Waals surface area contributed by atoms with Gasteiger partial charge in [-0.3, -0.25) is 0 Å². The number of hydrogen-bond acceptors (Lipinski definition) is 4. The molecule has 0 aliphatic rings. The number of rotatable bonds is 7. The van der Waals surface area contributed by atoms with Gasteiger partial charge in [0.15, 0.2) is 0 Å². The number of quaternary nitrogens is 1. The van der Waals surface area contributed by atoms with E-state index in [1.807, 2.05) is 61.5 Å². The van der Waals surface area contributed by atoms with Gasteiger partial charge in [0.2, 0.25) is 0 Å². The molecule has 0 bridgehead atoms. The maximum absolute atomic E-state index is 10.8. The second-order valence-corrected chi connectivity index (χ2v) is 5.17. The summed E-state index contributed by atoms with van der Waals surface area (Å²) in [4.78, 5) is 10.8. The van der Waals surface area contributed by atoms with Crippen LogP contribution in [0.3, 0.4) is 0 Å². The third kappa shape index (κ3) is 7.26. The van der Waals surface area contributed by atoms with Gasteiger partial charge >= 0.3 is 0 Å². The molecule has 0 radical (unpaired) electrons. The van der Waals surface area contributed by atoms with Gasteiger partial charge in [-0.05, 0) is 30.2 Å². The molecule has 0 aliphatic carbocycles. The van der Waals surface area contributed by atoms with Crippen molar-refractivity contribution in [3.63, 3.8) is 0 Å². The Kier molecular flexibility index (Phi) is 9.19. The van der Waals surface area contributed by atoms with E-state index in [-0.39, 0.29) is 6.42 Å². The summed E-state index contributed by atoms with van der Waals surface area (Å²) in [6.07, 6.45) is -0.654. The molecule has 2 aromatic carbocycles. The molecule has 2 aromatic rings. The van der Waals surface area contributed by atoms with E-state index in [4.69, 9.17) is 9.47 Å². The highest BCUT2D eigenvalue weighted by molar-refractivity contribution is 5.70. The van der Waals surface area contributed by atoms with Crippen LogP contribution in [0.1, 0.15) is 18.1 Å². The molecule has 5 heteroatoms. The minimum absolute atomic E-state index is 0.276. The minimum atomic E-state index is -1.21. The molecule has 2 rings (SSSR count). The van der Waals surface area contributed by atoms with Crippen LogP contribution in [0.4, 0.5) is 0 Å². The van der Waals surface area contributed by atoms with Crippen molar-refractivity contribution in [1.29, 1.82) is 0 Å². The second kappa shape index (κ2) is 11.2. The lowest BCUT2D eigenvalue weighted by atomic mass is 10.1. The van der Waals surface area contributed by atoms with E-state index in [2.05, 4.69) is 5.73 Å². The fourth-order valence-electron chi connectivity index (χ4n) is 1.94. The van der Waals surface area contributed by atoms with Crippen LogP contribution < -0.4 is 15.6 Å². The quantitative estimate of drug-likeness (QED) is 0.814. The van der Waals surface area contributed by atoms with Crippen LogP contribution in [0.15, 0.2) is 54.6 Å². The van der Waals surface area contributed by atoms with Crippen LogP contribution in [0, 0.1) is 0 Å². The highest BCUT2D eigenvalue weighted by atomic mass is 16.5. The minimum Gasteiger partial charge on any atom is -0.547 e. The Morgan fingerprint density at radius 2 is 1.67 bits per heavy atom. The molecule has 0 spiro atoms. The van der Waals surface area contributed by atoms with Crippen molar-refractivity contribution in [2.45, 2.75) is 26.1 Å². The monoisotopic (exact) mass is 331 g/mol. The van der Waals surface area contributed by atoms with Gasteiger partial charge in [0.1, 0.15) is 18.5 Å². The van der Waals surface area contributed by atoms with E-state index < -0.39 is 12.1 Å². The first-order chi connectivity index (χ1) is 11.6. The fraction of sp³-hybridized carbons (Fsp3) is 0.316. The smallest absolute Gasteiger partial charge is 0.119 e. The molecule has 24 heavy (non-hydrogen) atoms. The van der Waals surface area contributed by atoms with Crippen LogP contribution in [0.5, 0.6) is 5.75 Å². The molecule has 1 unspecified atom stereocenters. The molecule has 0 aliphatic heterocycles. The van der Waals surface area contributed by atoms with E-state index in [0.29, 0.717) is 6.61 Å². The van der Waals surface area contributed by atoms with Crippen LogP contribution in [0.2, 0.25) is 0 Å². The third-order valence-electron chi connectivity index (χ3n) is 3.14. The average molecular weight is 331 g/mol. The Morgan fingerprint density at radius 1 is 1.08 bits per heavy atom. The Labute approximate surface area is 143 Å². The zero-order valence-electron chi connectivity index (χ0n) is 14.2. The Bertz CT molecular complexity index is 584. The summed E-state index contributed by atoms with van der Waals surface area (Å²) in [7, 11) is 1.36. The van der Waals surface area contributed by atoms with E-state index in [1.165, 1.54) is 7.11 Å². The highest BCUT2D eigenvalue weighted by Crippen LogP contribution is 2.15. The predicted octanol–water partition coefficient (Wildman–Crippen LogP) is 0.821. The SMILES string of the molecule is CC[NH3+].COC(Cc1ccc(OCc2ccccc2)cc1)C(=O)[O-]. The van der Waals surface area contributed by atoms with E-state index in [1.54, 1.807) is 0 Å². The molecule has 130 valence electrons. The molecule has 0 amide bonds. The van der Waals surface area contributed by atoms with E-state index in [0.717, 1.165) is 23.4 Å². The number of carbonyl (C=O) groups excluding carboxylic acids is 1. The molecule has 3 N–H and O–H groups in total. The standard InChI is InChI=1S/C17H18O4.C2H7N/c1-20-16(17(18)19)11-13-7-9-15(10-8-13)21-12-14-5-3-2-4-6-14;1-2-3/h2-10,16H,11-12H2,1H3,(H,18,19);2-3H2,1H3. The van der Waals surface area contributed by atoms with Crippen LogP contribution in [0.25, 0.3) is 0 Å². The van der Waals surface area contributed by atoms with Gasteiger partial charge in [-0.25, -0.2) is 0 Å². The van der Waals surface area contributed by atoms with Gasteiger partial charge in [0.25, 0.3) is 0 Å².